The van der Waals surface area contributed by atoms with Gasteiger partial charge in [0.1, 0.15) is 11.5 Å². The molecular weight excluding hydrogens is 840 g/mol. The van der Waals surface area contributed by atoms with Crippen LogP contribution in [0.2, 0.25) is 0 Å². The van der Waals surface area contributed by atoms with Crippen LogP contribution in [0.5, 0.6) is 11.5 Å². The topological polar surface area (TPSA) is 182 Å². The molecule has 65 heavy (non-hydrogen) atoms. The second-order valence-electron chi connectivity index (χ2n) is 16.8. The van der Waals surface area contributed by atoms with Crippen molar-refractivity contribution in [1.82, 2.24) is 14.8 Å². The summed E-state index contributed by atoms with van der Waals surface area (Å²) in [6.45, 7) is 18.5. The molecule has 0 unspecified atom stereocenters. The van der Waals surface area contributed by atoms with Gasteiger partial charge < -0.3 is 50.6 Å². The molecule has 6 aliphatic heterocycles. The minimum atomic E-state index is -0.577. The molecule has 0 spiro atoms. The van der Waals surface area contributed by atoms with Gasteiger partial charge in [-0.1, -0.05) is 38.8 Å². The number of aromatic amines is 1. The molecular formula is C48H62BN5NaO10. The minimum Gasteiger partial charge on any atom is -0.512 e. The van der Waals surface area contributed by atoms with E-state index in [-0.39, 0.29) is 56.3 Å². The summed E-state index contributed by atoms with van der Waals surface area (Å²) in [7, 11) is 6.99. The van der Waals surface area contributed by atoms with Gasteiger partial charge in [-0.2, -0.15) is 19.2 Å². The van der Waals surface area contributed by atoms with E-state index in [1.165, 1.54) is 52.7 Å². The zero-order chi connectivity index (χ0) is 45.9. The second-order valence-corrected chi connectivity index (χ2v) is 16.8. The summed E-state index contributed by atoms with van der Waals surface area (Å²) in [5.41, 5.74) is 7.88. The van der Waals surface area contributed by atoms with Crippen LogP contribution in [0.15, 0.2) is 60.1 Å². The Balaban J connectivity index is 0.000000292. The van der Waals surface area contributed by atoms with Crippen molar-refractivity contribution in [1.29, 1.82) is 5.26 Å². The molecule has 343 valence electrons. The van der Waals surface area contributed by atoms with Crippen molar-refractivity contribution in [2.75, 3.05) is 66.7 Å². The van der Waals surface area contributed by atoms with Crippen molar-refractivity contribution in [2.45, 2.75) is 89.6 Å². The summed E-state index contributed by atoms with van der Waals surface area (Å²) < 4.78 is 35.0. The molecule has 0 saturated carbocycles. The first-order chi connectivity index (χ1) is 30.6. The van der Waals surface area contributed by atoms with Crippen LogP contribution in [0.25, 0.3) is 10.9 Å². The normalized spacial score (nSPS) is 28.0. The summed E-state index contributed by atoms with van der Waals surface area (Å²) in [6, 6.07) is 13.2. The molecule has 3 aromatic rings. The first-order valence-corrected chi connectivity index (χ1v) is 21.6. The summed E-state index contributed by atoms with van der Waals surface area (Å²) in [5.74, 6) is 4.26. The maximum Gasteiger partial charge on any atom is 1.00 e. The van der Waals surface area contributed by atoms with Gasteiger partial charge in [0.25, 0.3) is 0 Å². The number of anilines is 1. The molecule has 7 heterocycles. The maximum absolute atomic E-state index is 8.12. The van der Waals surface area contributed by atoms with Crippen molar-refractivity contribution < 1.29 is 77.2 Å². The standard InChI is InChI=1S/C23H32N2O4.C22H30N2O2.CN.2CO2.B.Na/c1-5-16-12-25-10-9-22-21-18(7-6-8-19(21)27-4)24-23(22,29-14-28-22)20(25)11-17(16)15(2)13-26-3;1-5-15-12-24-10-9-16-21-18(7-6-8-20(21)26-4)23-22(16)19(24)11-17(15)14(2)13-25-3;1-2;2*2-1-3;;/h6-8,13,16-17,20,24H,5,9-12,14H2,1-4H3;6-8,13,15,17,19,23H,5,9-12H2,1-4H3;;;;;/q;;-1;;;;+1/b15-13-;14-13-;;;;;/t16-,17-,20+,22+,23+;15-,17-,19+;;;;;/m11...../s1. The number of allylic oxidation sites excluding steroid dienone is 2. The molecule has 0 bridgehead atoms. The molecule has 4 fully saturated rings. The molecule has 6 aliphatic rings. The van der Waals surface area contributed by atoms with E-state index < -0.39 is 11.3 Å². The zero-order valence-electron chi connectivity index (χ0n) is 39.4. The Morgan fingerprint density at radius 3 is 2.00 bits per heavy atom. The van der Waals surface area contributed by atoms with E-state index in [0.717, 1.165) is 68.1 Å². The van der Waals surface area contributed by atoms with E-state index >= 15 is 0 Å². The predicted octanol–water partition coefficient (Wildman–Crippen LogP) is 3.91. The summed E-state index contributed by atoms with van der Waals surface area (Å²) in [6.07, 6.45) is 10.9. The maximum atomic E-state index is 8.12. The number of hydrogen-bond acceptors (Lipinski definition) is 14. The Morgan fingerprint density at radius 2 is 1.42 bits per heavy atom. The quantitative estimate of drug-likeness (QED) is 0.189. The van der Waals surface area contributed by atoms with Gasteiger partial charge in [0.2, 0.25) is 0 Å². The number of benzene rings is 2. The molecule has 4 saturated heterocycles. The van der Waals surface area contributed by atoms with Gasteiger partial charge >= 0.3 is 41.9 Å². The van der Waals surface area contributed by atoms with Crippen LogP contribution in [0.3, 0.4) is 0 Å². The van der Waals surface area contributed by atoms with E-state index in [1.807, 2.05) is 24.7 Å². The number of nitrogens with one attached hydrogen (secondary N) is 2. The number of fused-ring (bicyclic) bond motifs is 7. The number of carbonyl (C=O) groups excluding carboxylic acids is 4. The SMILES string of the molecule is CC[C@@H]1CN2CC[C@@]34OCO[C@@]3(Nc3cccc(OC)c34)[C@@H]2C[C@@H]1/C(C)=C\OC.CC[C@@H]1CN2CCc3c([nH]c4cccc(OC)c34)[C@@H]2C[C@@H]1/C(C)=C\OC.O=C=O.O=C=O.[B].[C-]#N.[Na+]. The van der Waals surface area contributed by atoms with Crippen LogP contribution in [0.4, 0.5) is 5.69 Å². The molecule has 0 amide bonds. The Hall–Kier alpha value is -4.39. The second kappa shape index (κ2) is 24.9. The number of methoxy groups -OCH3 is 4. The average molecular weight is 903 g/mol. The number of hydrogen-bond donors (Lipinski definition) is 2. The number of H-pyrrole nitrogens is 1. The molecule has 3 radical (unpaired) electrons. The summed E-state index contributed by atoms with van der Waals surface area (Å²) in [4.78, 5) is 41.6. The van der Waals surface area contributed by atoms with Crippen molar-refractivity contribution in [3.63, 3.8) is 0 Å². The van der Waals surface area contributed by atoms with Gasteiger partial charge in [0.05, 0.1) is 58.6 Å². The summed E-state index contributed by atoms with van der Waals surface area (Å²) in [5, 5.41) is 11.3. The number of aromatic nitrogens is 1. The average Bonchev–Trinajstić information content (AvgIpc) is 3.98. The molecule has 2 N–H and O–H groups in total. The zero-order valence-corrected chi connectivity index (χ0v) is 41.4. The Morgan fingerprint density at radius 1 is 0.846 bits per heavy atom. The molecule has 15 nitrogen and oxygen atoms in total. The van der Waals surface area contributed by atoms with Gasteiger partial charge in [-0.15, -0.1) is 0 Å². The van der Waals surface area contributed by atoms with E-state index in [2.05, 4.69) is 72.1 Å². The Bertz CT molecular complexity index is 2180. The van der Waals surface area contributed by atoms with Crippen LogP contribution in [-0.4, -0.2) is 109 Å². The number of rotatable bonds is 8. The number of piperidine rings is 3. The van der Waals surface area contributed by atoms with Crippen LogP contribution < -0.4 is 44.3 Å². The largest absolute Gasteiger partial charge is 1.00 e. The third kappa shape index (κ3) is 10.3. The van der Waals surface area contributed by atoms with Gasteiger partial charge in [0.15, 0.2) is 18.1 Å². The van der Waals surface area contributed by atoms with Crippen molar-refractivity contribution in [3.05, 3.63) is 83.5 Å². The van der Waals surface area contributed by atoms with Crippen molar-refractivity contribution in [3.8, 4) is 11.5 Å². The third-order valence-corrected chi connectivity index (χ3v) is 14.2. The van der Waals surface area contributed by atoms with Gasteiger partial charge in [-0.25, -0.2) is 0 Å². The Kier molecular flexibility index (Phi) is 21.1. The first kappa shape index (κ1) is 54.9. The van der Waals surface area contributed by atoms with Gasteiger partial charge in [-0.05, 0) is 104 Å². The van der Waals surface area contributed by atoms with Crippen LogP contribution in [0.1, 0.15) is 82.7 Å². The molecule has 1 aromatic heterocycles. The van der Waals surface area contributed by atoms with Gasteiger partial charge in [-0.3, -0.25) is 9.80 Å². The van der Waals surface area contributed by atoms with Crippen LogP contribution in [-0.2, 0) is 50.1 Å². The van der Waals surface area contributed by atoms with E-state index in [9.17, 15) is 0 Å². The predicted molar refractivity (Wildman–Crippen MR) is 237 cm³/mol. The molecule has 0 aliphatic carbocycles. The number of nitrogens with zero attached hydrogens (tertiary/aromatic N) is 3. The van der Waals surface area contributed by atoms with Crippen LogP contribution >= 0.6 is 0 Å². The molecule has 2 aromatic carbocycles. The molecule has 9 rings (SSSR count). The fraction of sp³-hybridized carbons (Fsp3) is 0.562. The molecule has 17 heteroatoms. The van der Waals surface area contributed by atoms with Crippen LogP contribution in [0, 0.1) is 35.5 Å². The van der Waals surface area contributed by atoms with Crippen molar-refractivity contribution in [2.24, 2.45) is 23.7 Å². The first-order valence-electron chi connectivity index (χ1n) is 21.6. The molecule has 8 atom stereocenters. The van der Waals surface area contributed by atoms with Gasteiger partial charge in [0, 0.05) is 56.9 Å². The monoisotopic (exact) mass is 902 g/mol. The fourth-order valence-electron chi connectivity index (χ4n) is 11.7. The third-order valence-electron chi connectivity index (χ3n) is 14.2. The van der Waals surface area contributed by atoms with E-state index in [4.69, 9.17) is 59.4 Å². The summed E-state index contributed by atoms with van der Waals surface area (Å²) >= 11 is 0. The van der Waals surface area contributed by atoms with E-state index in [0.29, 0.717) is 36.5 Å². The van der Waals surface area contributed by atoms with E-state index in [1.54, 1.807) is 28.4 Å². The van der Waals surface area contributed by atoms with Crippen molar-refractivity contribution >= 4 is 37.3 Å². The number of ether oxygens (including phenoxy) is 6. The minimum absolute atomic E-state index is 0. The fourth-order valence-corrected chi connectivity index (χ4v) is 11.7. The Labute approximate surface area is 407 Å². The smallest absolute Gasteiger partial charge is 0.512 e.